The number of aromatic nitrogens is 2. The molecule has 0 bridgehead atoms. The number of aryl methyl sites for hydroxylation is 1. The molecule has 2 nitrogen and oxygen atoms in total. The van der Waals surface area contributed by atoms with Gasteiger partial charge in [-0.15, -0.1) is 0 Å². The number of hydrogen-bond acceptors (Lipinski definition) is 1. The summed E-state index contributed by atoms with van der Waals surface area (Å²) >= 11 is 0. The van der Waals surface area contributed by atoms with E-state index in [9.17, 15) is 0 Å². The van der Waals surface area contributed by atoms with Gasteiger partial charge in [0, 0.05) is 12.7 Å². The molecule has 0 atom stereocenters. The molecule has 0 saturated heterocycles. The third kappa shape index (κ3) is 0.967. The summed E-state index contributed by atoms with van der Waals surface area (Å²) in [5.41, 5.74) is 3.22. The van der Waals surface area contributed by atoms with E-state index in [1.807, 2.05) is 25.5 Å². The van der Waals surface area contributed by atoms with E-state index < -0.39 is 0 Å². The largest absolute Gasteiger partial charge is 0.337 e. The molecule has 1 rings (SSSR count). The molecular formula is C8H12N2. The summed E-state index contributed by atoms with van der Waals surface area (Å²) in [4.78, 5) is 4.18. The summed E-state index contributed by atoms with van der Waals surface area (Å²) in [6.07, 6.45) is 1.80. The highest BCUT2D eigenvalue weighted by Crippen LogP contribution is 2.12. The maximum atomic E-state index is 4.18. The first-order chi connectivity index (χ1) is 4.63. The molecule has 0 spiro atoms. The number of allylic oxidation sites excluding steroid dienone is 1. The molecule has 1 aromatic rings. The molecule has 0 unspecified atom stereocenters. The van der Waals surface area contributed by atoms with Gasteiger partial charge in [0.05, 0.1) is 12.0 Å². The Bertz CT molecular complexity index is 258. The third-order valence-electron chi connectivity index (χ3n) is 1.64. The fourth-order valence-electron chi connectivity index (χ4n) is 0.910. The summed E-state index contributed by atoms with van der Waals surface area (Å²) in [6.45, 7) is 7.83. The fourth-order valence-corrected chi connectivity index (χ4v) is 0.910. The lowest BCUT2D eigenvalue weighted by atomic mass is 10.2. The minimum Gasteiger partial charge on any atom is -0.337 e. The first-order valence-corrected chi connectivity index (χ1v) is 3.26. The Morgan fingerprint density at radius 3 is 2.50 bits per heavy atom. The summed E-state index contributed by atoms with van der Waals surface area (Å²) in [5.74, 6) is 0. The van der Waals surface area contributed by atoms with E-state index in [0.29, 0.717) is 0 Å². The van der Waals surface area contributed by atoms with Gasteiger partial charge in [0.25, 0.3) is 0 Å². The number of hydrogen-bond donors (Lipinski definition) is 0. The van der Waals surface area contributed by atoms with Crippen LogP contribution < -0.4 is 0 Å². The van der Waals surface area contributed by atoms with E-state index >= 15 is 0 Å². The Hall–Kier alpha value is -1.05. The predicted molar refractivity (Wildman–Crippen MR) is 42.7 cm³/mol. The first-order valence-electron chi connectivity index (χ1n) is 3.26. The Kier molecular flexibility index (Phi) is 1.62. The van der Waals surface area contributed by atoms with Crippen molar-refractivity contribution < 1.29 is 0 Å². The SMILES string of the molecule is C=C(C)c1ncn(C)c1C. The third-order valence-corrected chi connectivity index (χ3v) is 1.64. The van der Waals surface area contributed by atoms with Crippen molar-refractivity contribution in [1.82, 2.24) is 9.55 Å². The molecule has 54 valence electrons. The molecule has 0 amide bonds. The minimum atomic E-state index is 1.02. The molecular weight excluding hydrogens is 124 g/mol. The van der Waals surface area contributed by atoms with Crippen LogP contribution in [-0.2, 0) is 7.05 Å². The van der Waals surface area contributed by atoms with Gasteiger partial charge in [0.15, 0.2) is 0 Å². The molecule has 1 aromatic heterocycles. The van der Waals surface area contributed by atoms with Crippen molar-refractivity contribution >= 4 is 5.57 Å². The second-order valence-electron chi connectivity index (χ2n) is 2.57. The average Bonchev–Trinajstić information content (AvgIpc) is 2.14. The number of nitrogens with zero attached hydrogens (tertiary/aromatic N) is 2. The van der Waals surface area contributed by atoms with Crippen molar-refractivity contribution in [2.75, 3.05) is 0 Å². The van der Waals surface area contributed by atoms with Gasteiger partial charge in [0.2, 0.25) is 0 Å². The Labute approximate surface area is 61.2 Å². The predicted octanol–water partition coefficient (Wildman–Crippen LogP) is 1.76. The first kappa shape index (κ1) is 7.06. The maximum absolute atomic E-state index is 4.18. The van der Waals surface area contributed by atoms with E-state index in [1.165, 1.54) is 5.69 Å². The lowest BCUT2D eigenvalue weighted by Gasteiger charge is -1.96. The van der Waals surface area contributed by atoms with E-state index in [0.717, 1.165) is 11.3 Å². The molecule has 2 heteroatoms. The van der Waals surface area contributed by atoms with E-state index in [4.69, 9.17) is 0 Å². The number of rotatable bonds is 1. The Morgan fingerprint density at radius 1 is 1.70 bits per heavy atom. The van der Waals surface area contributed by atoms with Crippen molar-refractivity contribution in [2.24, 2.45) is 7.05 Å². The van der Waals surface area contributed by atoms with Crippen LogP contribution in [0, 0.1) is 6.92 Å². The normalized spacial score (nSPS) is 9.90. The van der Waals surface area contributed by atoms with Gasteiger partial charge in [-0.25, -0.2) is 4.98 Å². The lowest BCUT2D eigenvalue weighted by Crippen LogP contribution is -1.89. The van der Waals surface area contributed by atoms with Gasteiger partial charge in [-0.3, -0.25) is 0 Å². The Morgan fingerprint density at radius 2 is 2.30 bits per heavy atom. The van der Waals surface area contributed by atoms with Gasteiger partial charge in [-0.1, -0.05) is 6.58 Å². The van der Waals surface area contributed by atoms with Gasteiger partial charge >= 0.3 is 0 Å². The molecule has 0 saturated carbocycles. The summed E-state index contributed by atoms with van der Waals surface area (Å²) < 4.78 is 1.99. The Balaban J connectivity index is 3.17. The highest BCUT2D eigenvalue weighted by Gasteiger charge is 2.02. The van der Waals surface area contributed by atoms with Crippen LogP contribution >= 0.6 is 0 Å². The van der Waals surface area contributed by atoms with Crippen LogP contribution in [0.4, 0.5) is 0 Å². The second-order valence-corrected chi connectivity index (χ2v) is 2.57. The van der Waals surface area contributed by atoms with Crippen LogP contribution in [0.5, 0.6) is 0 Å². The molecule has 0 N–H and O–H groups in total. The summed E-state index contributed by atoms with van der Waals surface area (Å²) in [6, 6.07) is 0. The molecule has 0 aromatic carbocycles. The van der Waals surface area contributed by atoms with Gasteiger partial charge in [-0.2, -0.15) is 0 Å². The smallest absolute Gasteiger partial charge is 0.0953 e. The zero-order valence-electron chi connectivity index (χ0n) is 6.68. The van der Waals surface area contributed by atoms with Crippen molar-refractivity contribution in [3.05, 3.63) is 24.3 Å². The molecule has 0 radical (unpaired) electrons. The van der Waals surface area contributed by atoms with Crippen LogP contribution in [0.2, 0.25) is 0 Å². The minimum absolute atomic E-state index is 1.02. The van der Waals surface area contributed by atoms with Crippen molar-refractivity contribution in [3.8, 4) is 0 Å². The molecule has 0 aliphatic rings. The topological polar surface area (TPSA) is 17.8 Å². The molecule has 0 aliphatic heterocycles. The van der Waals surface area contributed by atoms with Crippen LogP contribution in [-0.4, -0.2) is 9.55 Å². The number of imidazole rings is 1. The van der Waals surface area contributed by atoms with Crippen LogP contribution in [0.25, 0.3) is 5.57 Å². The highest BCUT2D eigenvalue weighted by molar-refractivity contribution is 5.59. The van der Waals surface area contributed by atoms with Crippen LogP contribution in [0.15, 0.2) is 12.9 Å². The highest BCUT2D eigenvalue weighted by atomic mass is 15.0. The standard InChI is InChI=1S/C8H12N2/c1-6(2)8-7(3)10(4)5-9-8/h5H,1H2,2-4H3. The van der Waals surface area contributed by atoms with Gasteiger partial charge < -0.3 is 4.57 Å². The van der Waals surface area contributed by atoms with Crippen molar-refractivity contribution in [1.29, 1.82) is 0 Å². The zero-order chi connectivity index (χ0) is 7.72. The fraction of sp³-hybridized carbons (Fsp3) is 0.375. The maximum Gasteiger partial charge on any atom is 0.0953 e. The van der Waals surface area contributed by atoms with Gasteiger partial charge in [-0.05, 0) is 19.4 Å². The van der Waals surface area contributed by atoms with Crippen molar-refractivity contribution in [2.45, 2.75) is 13.8 Å². The zero-order valence-corrected chi connectivity index (χ0v) is 6.68. The monoisotopic (exact) mass is 136 g/mol. The van der Waals surface area contributed by atoms with E-state index in [-0.39, 0.29) is 0 Å². The summed E-state index contributed by atoms with van der Waals surface area (Å²) in [5, 5.41) is 0. The average molecular weight is 136 g/mol. The second kappa shape index (κ2) is 2.29. The van der Waals surface area contributed by atoms with Gasteiger partial charge in [0.1, 0.15) is 0 Å². The van der Waals surface area contributed by atoms with Crippen LogP contribution in [0.1, 0.15) is 18.3 Å². The molecule has 1 heterocycles. The molecule has 0 aliphatic carbocycles. The summed E-state index contributed by atoms with van der Waals surface area (Å²) in [7, 11) is 1.98. The van der Waals surface area contributed by atoms with Crippen molar-refractivity contribution in [3.63, 3.8) is 0 Å². The quantitative estimate of drug-likeness (QED) is 0.575. The van der Waals surface area contributed by atoms with E-state index in [1.54, 1.807) is 6.33 Å². The lowest BCUT2D eigenvalue weighted by molar-refractivity contribution is 0.873. The molecule has 0 fully saturated rings. The van der Waals surface area contributed by atoms with Crippen LogP contribution in [0.3, 0.4) is 0 Å². The van der Waals surface area contributed by atoms with E-state index in [2.05, 4.69) is 11.6 Å². The molecule has 10 heavy (non-hydrogen) atoms.